The summed E-state index contributed by atoms with van der Waals surface area (Å²) in [5.74, 6) is 1.48. The van der Waals surface area contributed by atoms with Gasteiger partial charge < -0.3 is 14.2 Å². The average molecular weight is 379 g/mol. The van der Waals surface area contributed by atoms with Gasteiger partial charge in [-0.15, -0.1) is 0 Å². The van der Waals surface area contributed by atoms with E-state index in [2.05, 4.69) is 17.1 Å². The first kappa shape index (κ1) is 19.6. The fourth-order valence-electron chi connectivity index (χ4n) is 2.88. The van der Waals surface area contributed by atoms with Crippen LogP contribution in [-0.2, 0) is 17.8 Å². The predicted molar refractivity (Wildman–Crippen MR) is 107 cm³/mol. The smallest absolute Gasteiger partial charge is 0.263 e. The topological polar surface area (TPSA) is 68.5 Å². The van der Waals surface area contributed by atoms with Crippen molar-refractivity contribution in [2.75, 3.05) is 7.05 Å². The standard InChI is InChI=1S/C22H25N3O3/c1-5-17-8-6-7-9-19(17)27-16(3)22(26)25(4)14-20-23-21(24-28-20)18-12-10-15(2)11-13-18/h6-13,16H,5,14H2,1-4H3. The number of hydrogen-bond acceptors (Lipinski definition) is 5. The molecule has 28 heavy (non-hydrogen) atoms. The maximum Gasteiger partial charge on any atom is 0.263 e. The molecular weight excluding hydrogens is 354 g/mol. The van der Waals surface area contributed by atoms with Gasteiger partial charge in [0.2, 0.25) is 11.7 Å². The van der Waals surface area contributed by atoms with Crippen LogP contribution in [0.1, 0.15) is 30.9 Å². The van der Waals surface area contributed by atoms with E-state index in [0.717, 1.165) is 28.9 Å². The maximum absolute atomic E-state index is 12.7. The Bertz CT molecular complexity index is 934. The first-order valence-corrected chi connectivity index (χ1v) is 9.37. The number of likely N-dealkylation sites (N-methyl/N-ethyl adjacent to an activating group) is 1. The number of nitrogens with zero attached hydrogens (tertiary/aromatic N) is 3. The van der Waals surface area contributed by atoms with Crippen LogP contribution >= 0.6 is 0 Å². The number of carbonyl (C=O) groups excluding carboxylic acids is 1. The molecule has 1 amide bonds. The Labute approximate surface area is 165 Å². The van der Waals surface area contributed by atoms with E-state index in [9.17, 15) is 4.79 Å². The lowest BCUT2D eigenvalue weighted by Gasteiger charge is -2.21. The molecule has 2 aromatic carbocycles. The Morgan fingerprint density at radius 3 is 2.61 bits per heavy atom. The van der Waals surface area contributed by atoms with Gasteiger partial charge in [0.05, 0.1) is 6.54 Å². The van der Waals surface area contributed by atoms with Gasteiger partial charge in [-0.3, -0.25) is 4.79 Å². The van der Waals surface area contributed by atoms with E-state index in [1.165, 1.54) is 4.90 Å². The molecule has 6 heteroatoms. The third-order valence-corrected chi connectivity index (χ3v) is 4.53. The van der Waals surface area contributed by atoms with E-state index in [0.29, 0.717) is 11.7 Å². The zero-order valence-electron chi connectivity index (χ0n) is 16.7. The summed E-state index contributed by atoms with van der Waals surface area (Å²) >= 11 is 0. The molecule has 0 aliphatic rings. The summed E-state index contributed by atoms with van der Waals surface area (Å²) in [7, 11) is 1.70. The van der Waals surface area contributed by atoms with Crippen molar-refractivity contribution < 1.29 is 14.1 Å². The van der Waals surface area contributed by atoms with E-state index in [4.69, 9.17) is 9.26 Å². The number of rotatable bonds is 7. The van der Waals surface area contributed by atoms with E-state index < -0.39 is 6.10 Å². The van der Waals surface area contributed by atoms with Crippen molar-refractivity contribution in [1.29, 1.82) is 0 Å². The molecule has 0 saturated heterocycles. The zero-order valence-corrected chi connectivity index (χ0v) is 16.7. The van der Waals surface area contributed by atoms with E-state index in [-0.39, 0.29) is 12.5 Å². The van der Waals surface area contributed by atoms with Gasteiger partial charge in [-0.1, -0.05) is 60.1 Å². The number of carbonyl (C=O) groups is 1. The van der Waals surface area contributed by atoms with Crippen molar-refractivity contribution in [3.05, 3.63) is 65.5 Å². The average Bonchev–Trinajstić information content (AvgIpc) is 3.16. The molecule has 0 aliphatic carbocycles. The lowest BCUT2D eigenvalue weighted by atomic mass is 10.1. The van der Waals surface area contributed by atoms with Crippen molar-refractivity contribution in [3.63, 3.8) is 0 Å². The number of para-hydroxylation sites is 1. The van der Waals surface area contributed by atoms with Crippen LogP contribution in [0.15, 0.2) is 53.1 Å². The van der Waals surface area contributed by atoms with Crippen LogP contribution in [0.4, 0.5) is 0 Å². The van der Waals surface area contributed by atoms with Crippen molar-refractivity contribution in [2.24, 2.45) is 0 Å². The highest BCUT2D eigenvalue weighted by Gasteiger charge is 2.22. The van der Waals surface area contributed by atoms with Crippen LogP contribution in [0.25, 0.3) is 11.4 Å². The predicted octanol–water partition coefficient (Wildman–Crippen LogP) is 4.03. The lowest BCUT2D eigenvalue weighted by Crippen LogP contribution is -2.37. The largest absolute Gasteiger partial charge is 0.481 e. The number of hydrogen-bond donors (Lipinski definition) is 0. The highest BCUT2D eigenvalue weighted by atomic mass is 16.5. The molecule has 0 saturated carbocycles. The SMILES string of the molecule is CCc1ccccc1OC(C)C(=O)N(C)Cc1nc(-c2ccc(C)cc2)no1. The van der Waals surface area contributed by atoms with Gasteiger partial charge in [-0.2, -0.15) is 4.98 Å². The minimum atomic E-state index is -0.614. The summed E-state index contributed by atoms with van der Waals surface area (Å²) in [5.41, 5.74) is 3.11. The first-order chi connectivity index (χ1) is 13.5. The minimum absolute atomic E-state index is 0.152. The van der Waals surface area contributed by atoms with Crippen LogP contribution in [0.5, 0.6) is 5.75 Å². The fraction of sp³-hybridized carbons (Fsp3) is 0.318. The normalized spacial score (nSPS) is 11.9. The van der Waals surface area contributed by atoms with Crippen molar-refractivity contribution in [1.82, 2.24) is 15.0 Å². The molecule has 0 radical (unpaired) electrons. The van der Waals surface area contributed by atoms with E-state index >= 15 is 0 Å². The Kier molecular flexibility index (Phi) is 6.09. The number of benzene rings is 2. The number of amides is 1. The van der Waals surface area contributed by atoms with Crippen LogP contribution < -0.4 is 4.74 Å². The third-order valence-electron chi connectivity index (χ3n) is 4.53. The monoisotopic (exact) mass is 379 g/mol. The van der Waals surface area contributed by atoms with Gasteiger partial charge in [0.25, 0.3) is 5.91 Å². The molecule has 0 aliphatic heterocycles. The number of aryl methyl sites for hydroxylation is 2. The summed E-state index contributed by atoms with van der Waals surface area (Å²) in [5, 5.41) is 4.01. The molecule has 1 aromatic heterocycles. The second-order valence-electron chi connectivity index (χ2n) is 6.79. The van der Waals surface area contributed by atoms with Crippen molar-refractivity contribution in [3.8, 4) is 17.1 Å². The number of ether oxygens (including phenoxy) is 1. The Morgan fingerprint density at radius 2 is 1.89 bits per heavy atom. The summed E-state index contributed by atoms with van der Waals surface area (Å²) < 4.78 is 11.2. The van der Waals surface area contributed by atoms with E-state index in [1.54, 1.807) is 14.0 Å². The van der Waals surface area contributed by atoms with Crippen LogP contribution in [-0.4, -0.2) is 34.1 Å². The molecule has 0 bridgehead atoms. The lowest BCUT2D eigenvalue weighted by molar-refractivity contribution is -0.137. The van der Waals surface area contributed by atoms with Crippen molar-refractivity contribution in [2.45, 2.75) is 39.8 Å². The van der Waals surface area contributed by atoms with Gasteiger partial charge in [-0.25, -0.2) is 0 Å². The van der Waals surface area contributed by atoms with Crippen molar-refractivity contribution >= 4 is 5.91 Å². The summed E-state index contributed by atoms with van der Waals surface area (Å²) in [6.45, 7) is 6.05. The molecule has 0 N–H and O–H groups in total. The summed E-state index contributed by atoms with van der Waals surface area (Å²) in [4.78, 5) is 18.6. The maximum atomic E-state index is 12.7. The third kappa shape index (κ3) is 4.57. The van der Waals surface area contributed by atoms with E-state index in [1.807, 2.05) is 55.5 Å². The molecular formula is C22H25N3O3. The number of aromatic nitrogens is 2. The molecule has 1 unspecified atom stereocenters. The summed E-state index contributed by atoms with van der Waals surface area (Å²) in [6.07, 6.45) is 0.230. The van der Waals surface area contributed by atoms with Gasteiger partial charge in [0.15, 0.2) is 6.10 Å². The Hall–Kier alpha value is -3.15. The molecule has 3 aromatic rings. The quantitative estimate of drug-likeness (QED) is 0.620. The van der Waals surface area contributed by atoms with Crippen LogP contribution in [0.2, 0.25) is 0 Å². The Balaban J connectivity index is 1.63. The van der Waals surface area contributed by atoms with Crippen LogP contribution in [0.3, 0.4) is 0 Å². The van der Waals surface area contributed by atoms with Gasteiger partial charge in [0, 0.05) is 12.6 Å². The molecule has 1 atom stereocenters. The molecule has 3 rings (SSSR count). The van der Waals surface area contributed by atoms with Gasteiger partial charge in [-0.05, 0) is 31.9 Å². The second-order valence-corrected chi connectivity index (χ2v) is 6.79. The van der Waals surface area contributed by atoms with Crippen LogP contribution in [0, 0.1) is 6.92 Å². The molecule has 0 spiro atoms. The van der Waals surface area contributed by atoms with Gasteiger partial charge >= 0.3 is 0 Å². The van der Waals surface area contributed by atoms with Gasteiger partial charge in [0.1, 0.15) is 5.75 Å². The highest BCUT2D eigenvalue weighted by Crippen LogP contribution is 2.21. The highest BCUT2D eigenvalue weighted by molar-refractivity contribution is 5.80. The summed E-state index contributed by atoms with van der Waals surface area (Å²) in [6, 6.07) is 15.6. The fourth-order valence-corrected chi connectivity index (χ4v) is 2.88. The molecule has 1 heterocycles. The zero-order chi connectivity index (χ0) is 20.1. The molecule has 6 nitrogen and oxygen atoms in total. The molecule has 0 fully saturated rings. The first-order valence-electron chi connectivity index (χ1n) is 9.37. The minimum Gasteiger partial charge on any atom is -0.481 e. The Morgan fingerprint density at radius 1 is 1.18 bits per heavy atom. The molecule has 146 valence electrons. The second kappa shape index (κ2) is 8.69.